The van der Waals surface area contributed by atoms with Gasteiger partial charge in [0.1, 0.15) is 11.3 Å². The largest absolute Gasteiger partial charge is 0.495 e. The summed E-state index contributed by atoms with van der Waals surface area (Å²) < 4.78 is 5.26. The SMILES string of the molecule is COc1c(C(=O)O)c(CBr)cc2ccccc12. The maximum absolute atomic E-state index is 11.3. The summed E-state index contributed by atoms with van der Waals surface area (Å²) in [6, 6.07) is 9.45. The topological polar surface area (TPSA) is 46.5 Å². The lowest BCUT2D eigenvalue weighted by atomic mass is 10.0. The molecule has 0 bridgehead atoms. The third-order valence-corrected chi connectivity index (χ3v) is 3.25. The summed E-state index contributed by atoms with van der Waals surface area (Å²) in [6.45, 7) is 0. The first-order valence-electron chi connectivity index (χ1n) is 5.07. The van der Waals surface area contributed by atoms with Crippen LogP contribution in [-0.2, 0) is 5.33 Å². The Hall–Kier alpha value is -1.55. The van der Waals surface area contributed by atoms with Gasteiger partial charge in [-0.25, -0.2) is 4.79 Å². The highest BCUT2D eigenvalue weighted by Crippen LogP contribution is 2.33. The molecule has 0 spiro atoms. The van der Waals surface area contributed by atoms with Crippen LogP contribution in [0.1, 0.15) is 15.9 Å². The number of methoxy groups -OCH3 is 1. The Morgan fingerprint density at radius 2 is 2.12 bits per heavy atom. The summed E-state index contributed by atoms with van der Waals surface area (Å²) in [4.78, 5) is 11.3. The molecule has 3 nitrogen and oxygen atoms in total. The van der Waals surface area contributed by atoms with Gasteiger partial charge < -0.3 is 9.84 Å². The average Bonchev–Trinajstić information content (AvgIpc) is 2.35. The molecule has 0 atom stereocenters. The van der Waals surface area contributed by atoms with Crippen LogP contribution >= 0.6 is 15.9 Å². The number of carboxylic acids is 1. The molecule has 0 aliphatic carbocycles. The molecular weight excluding hydrogens is 284 g/mol. The molecular formula is C13H11BrO3. The first-order chi connectivity index (χ1) is 8.19. The van der Waals surface area contributed by atoms with E-state index in [4.69, 9.17) is 4.74 Å². The molecule has 1 N–H and O–H groups in total. The zero-order chi connectivity index (χ0) is 12.4. The maximum atomic E-state index is 11.3. The van der Waals surface area contributed by atoms with Gasteiger partial charge in [-0.2, -0.15) is 0 Å². The van der Waals surface area contributed by atoms with E-state index >= 15 is 0 Å². The molecule has 0 saturated carbocycles. The minimum absolute atomic E-state index is 0.225. The Kier molecular flexibility index (Phi) is 3.33. The Labute approximate surface area is 107 Å². The Morgan fingerprint density at radius 3 is 2.71 bits per heavy atom. The lowest BCUT2D eigenvalue weighted by Gasteiger charge is -2.12. The molecule has 2 rings (SSSR count). The van der Waals surface area contributed by atoms with Crippen LogP contribution in [0.3, 0.4) is 0 Å². The highest BCUT2D eigenvalue weighted by Gasteiger charge is 2.18. The van der Waals surface area contributed by atoms with E-state index in [0.29, 0.717) is 16.6 Å². The standard InChI is InChI=1S/C13H11BrO3/c1-17-12-10-5-3-2-4-8(10)6-9(7-14)11(12)13(15)16/h2-6H,7H2,1H3,(H,15,16). The van der Waals surface area contributed by atoms with Crippen LogP contribution in [-0.4, -0.2) is 18.2 Å². The smallest absolute Gasteiger partial charge is 0.339 e. The van der Waals surface area contributed by atoms with E-state index in [9.17, 15) is 9.90 Å². The number of halogens is 1. The van der Waals surface area contributed by atoms with Gasteiger partial charge >= 0.3 is 5.97 Å². The van der Waals surface area contributed by atoms with Gasteiger partial charge in [0.2, 0.25) is 0 Å². The zero-order valence-electron chi connectivity index (χ0n) is 9.24. The number of rotatable bonds is 3. The van der Waals surface area contributed by atoms with Crippen molar-refractivity contribution in [2.24, 2.45) is 0 Å². The normalized spacial score (nSPS) is 10.5. The lowest BCUT2D eigenvalue weighted by Crippen LogP contribution is -2.05. The van der Waals surface area contributed by atoms with E-state index in [1.54, 1.807) is 0 Å². The molecule has 2 aromatic rings. The second kappa shape index (κ2) is 4.75. The fourth-order valence-electron chi connectivity index (χ4n) is 1.92. The predicted molar refractivity (Wildman–Crippen MR) is 70.1 cm³/mol. The van der Waals surface area contributed by atoms with Crippen molar-refractivity contribution in [3.05, 3.63) is 41.5 Å². The molecule has 0 aliphatic rings. The molecule has 2 aromatic carbocycles. The number of hydrogen-bond acceptors (Lipinski definition) is 2. The number of aromatic carboxylic acids is 1. The van der Waals surface area contributed by atoms with Crippen LogP contribution in [0.25, 0.3) is 10.8 Å². The molecule has 0 fully saturated rings. The van der Waals surface area contributed by atoms with Crippen LogP contribution in [0.5, 0.6) is 5.75 Å². The van der Waals surface area contributed by atoms with E-state index in [2.05, 4.69) is 15.9 Å². The van der Waals surface area contributed by atoms with Crippen molar-refractivity contribution in [1.82, 2.24) is 0 Å². The monoisotopic (exact) mass is 294 g/mol. The first kappa shape index (κ1) is 11.9. The van der Waals surface area contributed by atoms with Crippen LogP contribution in [0, 0.1) is 0 Å². The molecule has 0 radical (unpaired) electrons. The summed E-state index contributed by atoms with van der Waals surface area (Å²) in [6.07, 6.45) is 0. The van der Waals surface area contributed by atoms with Gasteiger partial charge in [-0.15, -0.1) is 0 Å². The molecule has 0 aliphatic heterocycles. The van der Waals surface area contributed by atoms with Crippen molar-refractivity contribution in [2.45, 2.75) is 5.33 Å². The van der Waals surface area contributed by atoms with Crippen molar-refractivity contribution in [2.75, 3.05) is 7.11 Å². The number of alkyl halides is 1. The summed E-state index contributed by atoms with van der Waals surface area (Å²) in [5, 5.41) is 11.5. The van der Waals surface area contributed by atoms with Crippen molar-refractivity contribution < 1.29 is 14.6 Å². The van der Waals surface area contributed by atoms with Crippen molar-refractivity contribution in [3.63, 3.8) is 0 Å². The average molecular weight is 295 g/mol. The lowest BCUT2D eigenvalue weighted by molar-refractivity contribution is 0.0693. The summed E-state index contributed by atoms with van der Waals surface area (Å²) >= 11 is 3.31. The minimum atomic E-state index is -0.970. The minimum Gasteiger partial charge on any atom is -0.495 e. The fourth-order valence-corrected chi connectivity index (χ4v) is 2.36. The van der Waals surface area contributed by atoms with E-state index < -0.39 is 5.97 Å². The molecule has 0 unspecified atom stereocenters. The van der Waals surface area contributed by atoms with Gasteiger partial charge in [0.05, 0.1) is 7.11 Å². The van der Waals surface area contributed by atoms with Crippen molar-refractivity contribution in [3.8, 4) is 5.75 Å². The van der Waals surface area contributed by atoms with E-state index in [0.717, 1.165) is 10.8 Å². The Bertz CT molecular complexity index is 578. The molecule has 0 heterocycles. The van der Waals surface area contributed by atoms with E-state index in [1.807, 2.05) is 30.3 Å². The Morgan fingerprint density at radius 1 is 1.41 bits per heavy atom. The maximum Gasteiger partial charge on any atom is 0.339 e. The van der Waals surface area contributed by atoms with Gasteiger partial charge in [-0.3, -0.25) is 0 Å². The molecule has 0 amide bonds. The van der Waals surface area contributed by atoms with Gasteiger partial charge in [-0.05, 0) is 17.0 Å². The third kappa shape index (κ3) is 2.00. The van der Waals surface area contributed by atoms with E-state index in [1.165, 1.54) is 7.11 Å². The van der Waals surface area contributed by atoms with E-state index in [-0.39, 0.29) is 5.56 Å². The number of fused-ring (bicyclic) bond motifs is 1. The third-order valence-electron chi connectivity index (χ3n) is 2.65. The van der Waals surface area contributed by atoms with Gasteiger partial charge in [0, 0.05) is 10.7 Å². The fraction of sp³-hybridized carbons (Fsp3) is 0.154. The quantitative estimate of drug-likeness (QED) is 0.882. The summed E-state index contributed by atoms with van der Waals surface area (Å²) in [5.74, 6) is -0.549. The summed E-state index contributed by atoms with van der Waals surface area (Å²) in [7, 11) is 1.49. The highest BCUT2D eigenvalue weighted by molar-refractivity contribution is 9.08. The summed E-state index contributed by atoms with van der Waals surface area (Å²) in [5.41, 5.74) is 0.941. The van der Waals surface area contributed by atoms with Crippen molar-refractivity contribution >= 4 is 32.7 Å². The number of carboxylic acid groups (broad SMARTS) is 1. The molecule has 88 valence electrons. The molecule has 17 heavy (non-hydrogen) atoms. The van der Waals surface area contributed by atoms with Crippen LogP contribution in [0.4, 0.5) is 0 Å². The number of ether oxygens (including phenoxy) is 1. The molecule has 4 heteroatoms. The van der Waals surface area contributed by atoms with Crippen LogP contribution in [0.15, 0.2) is 30.3 Å². The number of carbonyl (C=O) groups is 1. The van der Waals surface area contributed by atoms with Gasteiger partial charge in [0.25, 0.3) is 0 Å². The van der Waals surface area contributed by atoms with Gasteiger partial charge in [0.15, 0.2) is 0 Å². The molecule has 0 saturated heterocycles. The van der Waals surface area contributed by atoms with Gasteiger partial charge in [-0.1, -0.05) is 40.2 Å². The van der Waals surface area contributed by atoms with Crippen LogP contribution < -0.4 is 4.74 Å². The van der Waals surface area contributed by atoms with Crippen molar-refractivity contribution in [1.29, 1.82) is 0 Å². The first-order valence-corrected chi connectivity index (χ1v) is 6.19. The predicted octanol–water partition coefficient (Wildman–Crippen LogP) is 3.44. The van der Waals surface area contributed by atoms with Crippen LogP contribution in [0.2, 0.25) is 0 Å². The zero-order valence-corrected chi connectivity index (χ0v) is 10.8. The second-order valence-corrected chi connectivity index (χ2v) is 4.16. The Balaban J connectivity index is 2.89. The number of benzene rings is 2. The second-order valence-electron chi connectivity index (χ2n) is 3.60. The molecule has 0 aromatic heterocycles. The number of hydrogen-bond donors (Lipinski definition) is 1. The highest BCUT2D eigenvalue weighted by atomic mass is 79.9.